The summed E-state index contributed by atoms with van der Waals surface area (Å²) < 4.78 is 33.8. The molecule has 11 heteroatoms. The highest BCUT2D eigenvalue weighted by Gasteiger charge is 2.32. The first-order valence-electron chi connectivity index (χ1n) is 9.61. The van der Waals surface area contributed by atoms with Gasteiger partial charge in [0.05, 0.1) is 26.8 Å². The van der Waals surface area contributed by atoms with Gasteiger partial charge in [-0.15, -0.1) is 0 Å². The Balaban J connectivity index is 1.43. The number of ether oxygens (including phenoxy) is 1. The maximum Gasteiger partial charge on any atom is 0.269 e. The minimum Gasteiger partial charge on any atom is -0.373 e. The lowest BCUT2D eigenvalue weighted by Gasteiger charge is -2.34. The standard InChI is InChI=1S/C20H21ClN4O4S2/c1-12-10-25(11-13(2)29-12)31(27,28)15-8-6-14(7-9-15)19(26)23-24-20-22-18-16(21)4-3-5-17(18)30-20/h3-9,12-13H,10-11H2,1-2H3,(H,22,24)(H,23,26)/t12-,13-/m0/s1. The number of amides is 1. The highest BCUT2D eigenvalue weighted by atomic mass is 35.5. The van der Waals surface area contributed by atoms with E-state index in [1.165, 1.54) is 39.9 Å². The molecule has 0 bridgehead atoms. The molecule has 4 rings (SSSR count). The number of hydrazine groups is 1. The minimum absolute atomic E-state index is 0.138. The Morgan fingerprint density at radius 2 is 1.84 bits per heavy atom. The minimum atomic E-state index is -3.66. The quantitative estimate of drug-likeness (QED) is 0.542. The van der Waals surface area contributed by atoms with Gasteiger partial charge in [0.1, 0.15) is 5.52 Å². The number of morpholine rings is 1. The number of carbonyl (C=O) groups is 1. The summed E-state index contributed by atoms with van der Waals surface area (Å²) in [5, 5.41) is 1.03. The Bertz CT molecular complexity index is 1200. The maximum absolute atomic E-state index is 12.9. The first-order chi connectivity index (χ1) is 14.7. The molecule has 0 aliphatic carbocycles. The fourth-order valence-corrected chi connectivity index (χ4v) is 6.11. The summed E-state index contributed by atoms with van der Waals surface area (Å²) in [4.78, 5) is 16.9. The molecule has 1 amide bonds. The van der Waals surface area contributed by atoms with E-state index in [9.17, 15) is 13.2 Å². The summed E-state index contributed by atoms with van der Waals surface area (Å²) in [6.07, 6.45) is -0.348. The number of hydrogen-bond donors (Lipinski definition) is 2. The number of thiazole rings is 1. The normalized spacial score (nSPS) is 20.0. The molecule has 1 aromatic heterocycles. The SMILES string of the molecule is C[C@H]1CN(S(=O)(=O)c2ccc(C(=O)NNc3nc4c(Cl)cccc4s3)cc2)C[C@H](C)O1. The highest BCUT2D eigenvalue weighted by molar-refractivity contribution is 7.89. The third-order valence-electron chi connectivity index (χ3n) is 4.79. The van der Waals surface area contributed by atoms with Crippen molar-refractivity contribution < 1.29 is 17.9 Å². The monoisotopic (exact) mass is 480 g/mol. The van der Waals surface area contributed by atoms with Crippen molar-refractivity contribution in [1.82, 2.24) is 14.7 Å². The van der Waals surface area contributed by atoms with E-state index in [0.717, 1.165) is 4.70 Å². The molecule has 0 saturated carbocycles. The van der Waals surface area contributed by atoms with Gasteiger partial charge in [-0.1, -0.05) is 29.0 Å². The molecule has 8 nitrogen and oxygen atoms in total. The van der Waals surface area contributed by atoms with Crippen LogP contribution in [0.25, 0.3) is 10.2 Å². The van der Waals surface area contributed by atoms with Crippen LogP contribution in [-0.4, -0.2) is 48.9 Å². The molecule has 1 fully saturated rings. The highest BCUT2D eigenvalue weighted by Crippen LogP contribution is 2.30. The average molecular weight is 481 g/mol. The van der Waals surface area contributed by atoms with E-state index in [4.69, 9.17) is 16.3 Å². The average Bonchev–Trinajstić information content (AvgIpc) is 3.16. The van der Waals surface area contributed by atoms with Crippen LogP contribution in [0.3, 0.4) is 0 Å². The van der Waals surface area contributed by atoms with Gasteiger partial charge >= 0.3 is 0 Å². The zero-order valence-electron chi connectivity index (χ0n) is 16.8. The van der Waals surface area contributed by atoms with Crippen molar-refractivity contribution in [2.45, 2.75) is 31.0 Å². The van der Waals surface area contributed by atoms with Gasteiger partial charge in [-0.05, 0) is 50.2 Å². The van der Waals surface area contributed by atoms with Crippen molar-refractivity contribution in [3.05, 3.63) is 53.1 Å². The lowest BCUT2D eigenvalue weighted by Crippen LogP contribution is -2.48. The van der Waals surface area contributed by atoms with Gasteiger partial charge < -0.3 is 4.74 Å². The van der Waals surface area contributed by atoms with Gasteiger partial charge in [0.25, 0.3) is 5.91 Å². The number of nitrogens with zero attached hydrogens (tertiary/aromatic N) is 2. The molecule has 164 valence electrons. The third-order valence-corrected chi connectivity index (χ3v) is 7.88. The Labute approximate surface area is 189 Å². The summed E-state index contributed by atoms with van der Waals surface area (Å²) in [6, 6.07) is 11.3. The van der Waals surface area contributed by atoms with Gasteiger partial charge in [-0.25, -0.2) is 13.4 Å². The number of benzene rings is 2. The largest absolute Gasteiger partial charge is 0.373 e. The van der Waals surface area contributed by atoms with Crippen LogP contribution >= 0.6 is 22.9 Å². The van der Waals surface area contributed by atoms with Crippen molar-refractivity contribution >= 4 is 54.2 Å². The molecule has 2 heterocycles. The second-order valence-electron chi connectivity index (χ2n) is 7.29. The summed E-state index contributed by atoms with van der Waals surface area (Å²) in [6.45, 7) is 4.28. The number of nitrogens with one attached hydrogen (secondary N) is 2. The number of halogens is 1. The molecule has 0 spiro atoms. The van der Waals surface area contributed by atoms with Crippen LogP contribution in [-0.2, 0) is 14.8 Å². The predicted octanol–water partition coefficient (Wildman–Crippen LogP) is 3.50. The smallest absolute Gasteiger partial charge is 0.269 e. The van der Waals surface area contributed by atoms with Gasteiger partial charge in [-0.3, -0.25) is 15.6 Å². The summed E-state index contributed by atoms with van der Waals surface area (Å²) in [5.74, 6) is -0.414. The number of carbonyl (C=O) groups excluding carboxylic acids is 1. The number of hydrogen-bond acceptors (Lipinski definition) is 7. The summed E-state index contributed by atoms with van der Waals surface area (Å²) in [7, 11) is -3.66. The number of aromatic nitrogens is 1. The van der Waals surface area contributed by atoms with E-state index in [1.807, 2.05) is 26.0 Å². The van der Waals surface area contributed by atoms with E-state index >= 15 is 0 Å². The molecule has 0 unspecified atom stereocenters. The lowest BCUT2D eigenvalue weighted by molar-refractivity contribution is -0.0440. The van der Waals surface area contributed by atoms with Gasteiger partial charge in [0, 0.05) is 18.7 Å². The van der Waals surface area contributed by atoms with Crippen LogP contribution in [0, 0.1) is 0 Å². The van der Waals surface area contributed by atoms with Crippen molar-refractivity contribution in [3.63, 3.8) is 0 Å². The number of fused-ring (bicyclic) bond motifs is 1. The Kier molecular flexibility index (Phi) is 6.18. The Morgan fingerprint density at radius 3 is 2.48 bits per heavy atom. The second kappa shape index (κ2) is 8.71. The van der Waals surface area contributed by atoms with E-state index in [0.29, 0.717) is 34.3 Å². The number of sulfonamides is 1. The number of rotatable bonds is 5. The predicted molar refractivity (Wildman–Crippen MR) is 121 cm³/mol. The fraction of sp³-hybridized carbons (Fsp3) is 0.300. The van der Waals surface area contributed by atoms with Crippen LogP contribution in [0.5, 0.6) is 0 Å². The number of anilines is 1. The maximum atomic E-state index is 12.9. The third kappa shape index (κ3) is 4.68. The van der Waals surface area contributed by atoms with Crippen LogP contribution in [0.15, 0.2) is 47.4 Å². The van der Waals surface area contributed by atoms with E-state index in [1.54, 1.807) is 6.07 Å². The Hall–Kier alpha value is -2.24. The van der Waals surface area contributed by atoms with Crippen molar-refractivity contribution in [1.29, 1.82) is 0 Å². The van der Waals surface area contributed by atoms with Gasteiger partial charge in [0.2, 0.25) is 15.2 Å². The molecule has 3 aromatic rings. The molecule has 0 radical (unpaired) electrons. The van der Waals surface area contributed by atoms with E-state index in [-0.39, 0.29) is 17.1 Å². The Morgan fingerprint density at radius 1 is 1.16 bits per heavy atom. The molecular formula is C20H21ClN4O4S2. The van der Waals surface area contributed by atoms with Crippen LogP contribution in [0.2, 0.25) is 5.02 Å². The molecule has 2 aromatic carbocycles. The molecular weight excluding hydrogens is 460 g/mol. The first-order valence-corrected chi connectivity index (χ1v) is 12.2. The zero-order chi connectivity index (χ0) is 22.2. The molecule has 1 aliphatic rings. The van der Waals surface area contributed by atoms with Crippen molar-refractivity contribution in [2.24, 2.45) is 0 Å². The summed E-state index contributed by atoms with van der Waals surface area (Å²) in [5.41, 5.74) is 6.32. The molecule has 31 heavy (non-hydrogen) atoms. The van der Waals surface area contributed by atoms with Gasteiger partial charge in [-0.2, -0.15) is 4.31 Å². The van der Waals surface area contributed by atoms with E-state index < -0.39 is 15.9 Å². The molecule has 2 atom stereocenters. The number of para-hydroxylation sites is 1. The van der Waals surface area contributed by atoms with Crippen LogP contribution < -0.4 is 10.9 Å². The second-order valence-corrected chi connectivity index (χ2v) is 10.7. The topological polar surface area (TPSA) is 101 Å². The summed E-state index contributed by atoms with van der Waals surface area (Å²) >= 11 is 7.48. The van der Waals surface area contributed by atoms with Crippen LogP contribution in [0.1, 0.15) is 24.2 Å². The molecule has 2 N–H and O–H groups in total. The molecule has 1 aliphatic heterocycles. The van der Waals surface area contributed by atoms with Crippen molar-refractivity contribution in [2.75, 3.05) is 18.5 Å². The lowest BCUT2D eigenvalue weighted by atomic mass is 10.2. The van der Waals surface area contributed by atoms with Crippen LogP contribution in [0.4, 0.5) is 5.13 Å². The van der Waals surface area contributed by atoms with Crippen molar-refractivity contribution in [3.8, 4) is 0 Å². The zero-order valence-corrected chi connectivity index (χ0v) is 19.2. The van der Waals surface area contributed by atoms with E-state index in [2.05, 4.69) is 15.8 Å². The molecule has 1 saturated heterocycles. The first kappa shape index (κ1) is 22.0. The fourth-order valence-electron chi connectivity index (χ4n) is 3.41. The van der Waals surface area contributed by atoms with Gasteiger partial charge in [0.15, 0.2) is 0 Å².